The highest BCUT2D eigenvalue weighted by atomic mass is 16.6. The highest BCUT2D eigenvalue weighted by molar-refractivity contribution is 5.91. The van der Waals surface area contributed by atoms with Crippen molar-refractivity contribution in [1.82, 2.24) is 0 Å². The van der Waals surface area contributed by atoms with Crippen molar-refractivity contribution in [1.29, 1.82) is 5.26 Å². The van der Waals surface area contributed by atoms with Crippen molar-refractivity contribution in [2.75, 3.05) is 7.11 Å². The number of allylic oxidation sites excluding steroid dienone is 1. The predicted octanol–water partition coefficient (Wildman–Crippen LogP) is 4.45. The summed E-state index contributed by atoms with van der Waals surface area (Å²) in [6.45, 7) is 3.81. The number of hydrogen-bond donors (Lipinski definition) is 0. The number of hydrogen-bond acceptors (Lipinski definition) is 5. The average Bonchev–Trinajstić information content (AvgIpc) is 2.60. The third-order valence-electron chi connectivity index (χ3n) is 3.39. The van der Waals surface area contributed by atoms with E-state index >= 15 is 0 Å². The Morgan fingerprint density at radius 1 is 1.24 bits per heavy atom. The van der Waals surface area contributed by atoms with Gasteiger partial charge in [0, 0.05) is 17.7 Å². The first-order chi connectivity index (χ1) is 12.0. The number of benzene rings is 2. The zero-order valence-corrected chi connectivity index (χ0v) is 14.2. The predicted molar refractivity (Wildman–Crippen MR) is 95.3 cm³/mol. The maximum atomic E-state index is 10.8. The van der Waals surface area contributed by atoms with Crippen molar-refractivity contribution >= 4 is 17.3 Å². The van der Waals surface area contributed by atoms with Crippen molar-refractivity contribution in [3.05, 3.63) is 63.7 Å². The average molecular weight is 338 g/mol. The van der Waals surface area contributed by atoms with Gasteiger partial charge in [-0.3, -0.25) is 10.1 Å². The fourth-order valence-electron chi connectivity index (χ4n) is 2.27. The van der Waals surface area contributed by atoms with Gasteiger partial charge in [-0.05, 0) is 43.7 Å². The molecule has 0 aliphatic heterocycles. The van der Waals surface area contributed by atoms with Crippen LogP contribution in [-0.2, 0) is 0 Å². The Hall–Kier alpha value is -3.33. The number of methoxy groups -OCH3 is 1. The molecular weight excluding hydrogens is 320 g/mol. The lowest BCUT2D eigenvalue weighted by Gasteiger charge is -2.16. The lowest BCUT2D eigenvalue weighted by molar-refractivity contribution is -0.384. The van der Waals surface area contributed by atoms with E-state index in [2.05, 4.69) is 6.07 Å². The maximum Gasteiger partial charge on any atom is 0.269 e. The Bertz CT molecular complexity index is 833. The summed E-state index contributed by atoms with van der Waals surface area (Å²) in [7, 11) is 1.55. The molecule has 6 heteroatoms. The minimum absolute atomic E-state index is 0.0220. The molecule has 0 bridgehead atoms. The molecule has 2 rings (SSSR count). The normalized spacial score (nSPS) is 11.1. The van der Waals surface area contributed by atoms with E-state index in [-0.39, 0.29) is 11.8 Å². The van der Waals surface area contributed by atoms with Crippen LogP contribution in [0.3, 0.4) is 0 Å². The van der Waals surface area contributed by atoms with Crippen molar-refractivity contribution in [2.45, 2.75) is 20.0 Å². The third kappa shape index (κ3) is 4.36. The fraction of sp³-hybridized carbons (Fsp3) is 0.211. The monoisotopic (exact) mass is 338 g/mol. The van der Waals surface area contributed by atoms with Crippen molar-refractivity contribution in [2.24, 2.45) is 0 Å². The molecule has 0 amide bonds. The summed E-state index contributed by atoms with van der Waals surface area (Å²) in [5, 5.41) is 20.3. The summed E-state index contributed by atoms with van der Waals surface area (Å²) >= 11 is 0. The Labute approximate surface area is 146 Å². The Balaban J connectivity index is 2.49. The molecule has 0 N–H and O–H groups in total. The molecule has 2 aromatic rings. The van der Waals surface area contributed by atoms with Gasteiger partial charge < -0.3 is 9.47 Å². The number of nitrogens with zero attached hydrogens (tertiary/aromatic N) is 2. The Morgan fingerprint density at radius 3 is 2.44 bits per heavy atom. The number of para-hydroxylation sites is 1. The first kappa shape index (κ1) is 18.0. The van der Waals surface area contributed by atoms with Crippen LogP contribution in [0.4, 0.5) is 5.69 Å². The van der Waals surface area contributed by atoms with Crippen LogP contribution in [0, 0.1) is 21.4 Å². The molecule has 0 saturated heterocycles. The summed E-state index contributed by atoms with van der Waals surface area (Å²) in [5.74, 6) is 1.12. The molecular formula is C19H18N2O4. The number of non-ortho nitro benzene ring substituents is 1. The van der Waals surface area contributed by atoms with Crippen LogP contribution in [0.1, 0.15) is 25.0 Å². The molecule has 0 atom stereocenters. The molecule has 0 fully saturated rings. The summed E-state index contributed by atoms with van der Waals surface area (Å²) in [6.07, 6.45) is 1.62. The number of rotatable bonds is 6. The van der Waals surface area contributed by atoms with E-state index in [4.69, 9.17) is 9.47 Å². The van der Waals surface area contributed by atoms with E-state index < -0.39 is 4.92 Å². The first-order valence-electron chi connectivity index (χ1n) is 7.66. The maximum absolute atomic E-state index is 10.8. The molecule has 25 heavy (non-hydrogen) atoms. The van der Waals surface area contributed by atoms with Gasteiger partial charge in [0.1, 0.15) is 0 Å². The molecule has 128 valence electrons. The molecule has 0 spiro atoms. The van der Waals surface area contributed by atoms with Gasteiger partial charge in [-0.2, -0.15) is 5.26 Å². The smallest absolute Gasteiger partial charge is 0.269 e. The van der Waals surface area contributed by atoms with Gasteiger partial charge in [-0.1, -0.05) is 12.1 Å². The third-order valence-corrected chi connectivity index (χ3v) is 3.39. The van der Waals surface area contributed by atoms with Crippen LogP contribution >= 0.6 is 0 Å². The van der Waals surface area contributed by atoms with E-state index in [0.29, 0.717) is 28.2 Å². The SMILES string of the molecule is COc1cccc(/C=C(\C#N)c2ccc([N+](=O)[O-])cc2)c1OC(C)C. The molecule has 6 nitrogen and oxygen atoms in total. The van der Waals surface area contributed by atoms with Gasteiger partial charge in [0.2, 0.25) is 0 Å². The number of nitriles is 1. The lowest BCUT2D eigenvalue weighted by Crippen LogP contribution is -2.08. The van der Waals surface area contributed by atoms with Crippen LogP contribution in [0.15, 0.2) is 42.5 Å². The lowest BCUT2D eigenvalue weighted by atomic mass is 10.0. The second-order valence-corrected chi connectivity index (χ2v) is 5.52. The summed E-state index contributed by atoms with van der Waals surface area (Å²) < 4.78 is 11.2. The fourth-order valence-corrected chi connectivity index (χ4v) is 2.27. The Morgan fingerprint density at radius 2 is 1.92 bits per heavy atom. The van der Waals surface area contributed by atoms with E-state index in [0.717, 1.165) is 0 Å². The van der Waals surface area contributed by atoms with Crippen LogP contribution in [0.2, 0.25) is 0 Å². The van der Waals surface area contributed by atoms with Crippen molar-refractivity contribution in [3.8, 4) is 17.6 Å². The number of nitro groups is 1. The van der Waals surface area contributed by atoms with Crippen LogP contribution in [0.5, 0.6) is 11.5 Å². The van der Waals surface area contributed by atoms with E-state index in [9.17, 15) is 15.4 Å². The molecule has 0 heterocycles. The number of nitro benzene ring substituents is 1. The Kier molecular flexibility index (Phi) is 5.75. The second kappa shape index (κ2) is 7.97. The van der Waals surface area contributed by atoms with Gasteiger partial charge in [0.25, 0.3) is 5.69 Å². The summed E-state index contributed by atoms with van der Waals surface area (Å²) in [5.41, 5.74) is 1.64. The van der Waals surface area contributed by atoms with E-state index in [1.807, 2.05) is 26.0 Å². The highest BCUT2D eigenvalue weighted by Crippen LogP contribution is 2.34. The summed E-state index contributed by atoms with van der Waals surface area (Å²) in [6, 6.07) is 13.4. The standard InChI is InChI=1S/C19H18N2O4/c1-13(2)25-19-15(5-4-6-18(19)24-3)11-16(12-20)14-7-9-17(10-8-14)21(22)23/h4-11,13H,1-3H3/b16-11+. The molecule has 0 aliphatic carbocycles. The minimum Gasteiger partial charge on any atom is -0.493 e. The molecule has 0 aromatic heterocycles. The quantitative estimate of drug-likeness (QED) is 0.336. The minimum atomic E-state index is -0.476. The van der Waals surface area contributed by atoms with Gasteiger partial charge in [0.15, 0.2) is 11.5 Å². The van der Waals surface area contributed by atoms with Crippen LogP contribution < -0.4 is 9.47 Å². The molecule has 0 radical (unpaired) electrons. The van der Waals surface area contributed by atoms with Crippen molar-refractivity contribution < 1.29 is 14.4 Å². The highest BCUT2D eigenvalue weighted by Gasteiger charge is 2.13. The molecule has 2 aromatic carbocycles. The zero-order valence-electron chi connectivity index (χ0n) is 14.2. The topological polar surface area (TPSA) is 85.4 Å². The van der Waals surface area contributed by atoms with Gasteiger partial charge in [-0.25, -0.2) is 0 Å². The van der Waals surface area contributed by atoms with Crippen LogP contribution in [-0.4, -0.2) is 18.1 Å². The molecule has 0 unspecified atom stereocenters. The van der Waals surface area contributed by atoms with Gasteiger partial charge in [-0.15, -0.1) is 0 Å². The largest absolute Gasteiger partial charge is 0.493 e. The van der Waals surface area contributed by atoms with Gasteiger partial charge in [0.05, 0.1) is 29.8 Å². The van der Waals surface area contributed by atoms with E-state index in [1.54, 1.807) is 31.4 Å². The molecule has 0 aliphatic rings. The van der Waals surface area contributed by atoms with E-state index in [1.165, 1.54) is 12.1 Å². The van der Waals surface area contributed by atoms with Crippen molar-refractivity contribution in [3.63, 3.8) is 0 Å². The molecule has 0 saturated carbocycles. The van der Waals surface area contributed by atoms with Gasteiger partial charge >= 0.3 is 0 Å². The summed E-state index contributed by atoms with van der Waals surface area (Å²) in [4.78, 5) is 10.3. The first-order valence-corrected chi connectivity index (χ1v) is 7.66. The van der Waals surface area contributed by atoms with Crippen LogP contribution in [0.25, 0.3) is 11.6 Å². The zero-order chi connectivity index (χ0) is 18.4. The number of ether oxygens (including phenoxy) is 2. The second-order valence-electron chi connectivity index (χ2n) is 5.52.